The number of halogens is 1. The van der Waals surface area contributed by atoms with Gasteiger partial charge in [-0.2, -0.15) is 0 Å². The molecule has 22 heavy (non-hydrogen) atoms. The maximum Gasteiger partial charge on any atom is 0.304 e. The summed E-state index contributed by atoms with van der Waals surface area (Å²) in [6, 6.07) is 7.00. The number of rotatable bonds is 5. The fourth-order valence-corrected chi connectivity index (χ4v) is 3.47. The highest BCUT2D eigenvalue weighted by atomic mass is 35.5. The molecular weight excluding hydrogens is 302 g/mol. The Kier molecular flexibility index (Phi) is 5.46. The van der Waals surface area contributed by atoms with Gasteiger partial charge in [-0.3, -0.25) is 9.59 Å². The minimum absolute atomic E-state index is 0.0971. The lowest BCUT2D eigenvalue weighted by Gasteiger charge is -2.37. The largest absolute Gasteiger partial charge is 0.481 e. The van der Waals surface area contributed by atoms with Crippen LogP contribution in [0.1, 0.15) is 45.4 Å². The first-order valence-corrected chi connectivity index (χ1v) is 8.09. The van der Waals surface area contributed by atoms with Crippen molar-refractivity contribution < 1.29 is 14.7 Å². The quantitative estimate of drug-likeness (QED) is 0.847. The van der Waals surface area contributed by atoms with Crippen molar-refractivity contribution in [3.8, 4) is 0 Å². The Hall–Kier alpha value is -1.55. The maximum absolute atomic E-state index is 12.8. The van der Waals surface area contributed by atoms with Crippen LogP contribution in [0.3, 0.4) is 0 Å². The zero-order valence-corrected chi connectivity index (χ0v) is 13.5. The van der Waals surface area contributed by atoms with Gasteiger partial charge in [0.05, 0.1) is 22.5 Å². The van der Waals surface area contributed by atoms with Crippen LogP contribution >= 0.6 is 11.6 Å². The molecule has 5 heteroatoms. The van der Waals surface area contributed by atoms with E-state index in [1.54, 1.807) is 31.2 Å². The highest BCUT2D eigenvalue weighted by molar-refractivity contribution is 6.33. The van der Waals surface area contributed by atoms with Gasteiger partial charge in [0.15, 0.2) is 0 Å². The fraction of sp³-hybridized carbons (Fsp3) is 0.529. The van der Waals surface area contributed by atoms with Gasteiger partial charge in [-0.1, -0.05) is 43.0 Å². The van der Waals surface area contributed by atoms with E-state index >= 15 is 0 Å². The number of hydrogen-bond donors (Lipinski definition) is 2. The number of hydrogen-bond acceptors (Lipinski definition) is 2. The monoisotopic (exact) mass is 323 g/mol. The minimum atomic E-state index is -0.942. The first-order chi connectivity index (χ1) is 10.4. The van der Waals surface area contributed by atoms with Crippen molar-refractivity contribution in [2.45, 2.75) is 45.4 Å². The SMILES string of the molecule is CC(CC(=O)O)(C(=O)Nc1ccccc1Cl)C1CCCCC1. The molecule has 1 aromatic carbocycles. The second-order valence-corrected chi connectivity index (χ2v) is 6.66. The third-order valence-electron chi connectivity index (χ3n) is 4.67. The fourth-order valence-electron chi connectivity index (χ4n) is 3.29. The number of nitrogens with one attached hydrogen (secondary N) is 1. The highest BCUT2D eigenvalue weighted by Crippen LogP contribution is 2.42. The van der Waals surface area contributed by atoms with Gasteiger partial charge in [-0.25, -0.2) is 0 Å². The van der Waals surface area contributed by atoms with Gasteiger partial charge in [-0.05, 0) is 37.8 Å². The summed E-state index contributed by atoms with van der Waals surface area (Å²) in [6.07, 6.45) is 4.91. The molecule has 1 amide bonds. The molecule has 1 aliphatic rings. The number of carbonyl (C=O) groups is 2. The number of aliphatic carboxylic acids is 1. The van der Waals surface area contributed by atoms with Gasteiger partial charge in [0, 0.05) is 0 Å². The first kappa shape index (κ1) is 16.8. The molecule has 1 aromatic rings. The number of benzene rings is 1. The Bertz CT molecular complexity index is 555. The van der Waals surface area contributed by atoms with Crippen molar-refractivity contribution >= 4 is 29.2 Å². The molecule has 0 spiro atoms. The second-order valence-electron chi connectivity index (χ2n) is 6.26. The number of anilines is 1. The van der Waals surface area contributed by atoms with Crippen LogP contribution in [0.2, 0.25) is 5.02 Å². The summed E-state index contributed by atoms with van der Waals surface area (Å²) < 4.78 is 0. The Balaban J connectivity index is 2.22. The Morgan fingerprint density at radius 2 is 1.91 bits per heavy atom. The molecule has 4 nitrogen and oxygen atoms in total. The topological polar surface area (TPSA) is 66.4 Å². The van der Waals surface area contributed by atoms with E-state index in [1.165, 1.54) is 0 Å². The van der Waals surface area contributed by atoms with Crippen LogP contribution in [0.5, 0.6) is 0 Å². The molecule has 0 radical (unpaired) electrons. The Morgan fingerprint density at radius 1 is 1.27 bits per heavy atom. The van der Waals surface area contributed by atoms with Gasteiger partial charge >= 0.3 is 5.97 Å². The number of amides is 1. The van der Waals surface area contributed by atoms with E-state index in [1.807, 2.05) is 0 Å². The summed E-state index contributed by atoms with van der Waals surface area (Å²) in [5.74, 6) is -1.10. The molecule has 0 aliphatic heterocycles. The van der Waals surface area contributed by atoms with Crippen LogP contribution in [0.15, 0.2) is 24.3 Å². The lowest BCUT2D eigenvalue weighted by molar-refractivity contribution is -0.145. The molecule has 1 unspecified atom stereocenters. The number of carbonyl (C=O) groups excluding carboxylic acids is 1. The van der Waals surface area contributed by atoms with Crippen LogP contribution in [-0.4, -0.2) is 17.0 Å². The Morgan fingerprint density at radius 3 is 2.50 bits per heavy atom. The summed E-state index contributed by atoms with van der Waals surface area (Å²) in [6.45, 7) is 1.77. The predicted molar refractivity (Wildman–Crippen MR) is 87.0 cm³/mol. The van der Waals surface area contributed by atoms with Crippen LogP contribution < -0.4 is 5.32 Å². The van der Waals surface area contributed by atoms with E-state index < -0.39 is 11.4 Å². The summed E-state index contributed by atoms with van der Waals surface area (Å²) >= 11 is 6.08. The van der Waals surface area contributed by atoms with Crippen molar-refractivity contribution in [3.05, 3.63) is 29.3 Å². The lowest BCUT2D eigenvalue weighted by Crippen LogP contribution is -2.42. The van der Waals surface area contributed by atoms with Crippen molar-refractivity contribution in [2.75, 3.05) is 5.32 Å². The van der Waals surface area contributed by atoms with E-state index in [9.17, 15) is 14.7 Å². The van der Waals surface area contributed by atoms with E-state index in [2.05, 4.69) is 5.32 Å². The lowest BCUT2D eigenvalue weighted by atomic mass is 9.67. The van der Waals surface area contributed by atoms with Crippen molar-refractivity contribution in [3.63, 3.8) is 0 Å². The molecule has 120 valence electrons. The summed E-state index contributed by atoms with van der Waals surface area (Å²) in [5, 5.41) is 12.5. The van der Waals surface area contributed by atoms with Gasteiger partial charge in [0.25, 0.3) is 0 Å². The van der Waals surface area contributed by atoms with Crippen molar-refractivity contribution in [1.29, 1.82) is 0 Å². The van der Waals surface area contributed by atoms with Crippen molar-refractivity contribution in [2.24, 2.45) is 11.3 Å². The average molecular weight is 324 g/mol. The maximum atomic E-state index is 12.8. The third-order valence-corrected chi connectivity index (χ3v) is 5.00. The van der Waals surface area contributed by atoms with Gasteiger partial charge in [0.2, 0.25) is 5.91 Å². The zero-order valence-electron chi connectivity index (χ0n) is 12.8. The van der Waals surface area contributed by atoms with E-state index in [-0.39, 0.29) is 18.2 Å². The molecular formula is C17H22ClNO3. The minimum Gasteiger partial charge on any atom is -0.481 e. The molecule has 0 bridgehead atoms. The molecule has 1 atom stereocenters. The molecule has 0 saturated heterocycles. The normalized spacial score (nSPS) is 18.5. The molecule has 0 aromatic heterocycles. The van der Waals surface area contributed by atoms with E-state index in [0.29, 0.717) is 10.7 Å². The average Bonchev–Trinajstić information content (AvgIpc) is 2.49. The summed E-state index contributed by atoms with van der Waals surface area (Å²) in [4.78, 5) is 24.1. The van der Waals surface area contributed by atoms with E-state index in [4.69, 9.17) is 11.6 Å². The molecule has 1 aliphatic carbocycles. The van der Waals surface area contributed by atoms with Crippen molar-refractivity contribution in [1.82, 2.24) is 0 Å². The summed E-state index contributed by atoms with van der Waals surface area (Å²) in [5.41, 5.74) is -0.382. The Labute approximate surface area is 135 Å². The van der Waals surface area contributed by atoms with Crippen LogP contribution in [-0.2, 0) is 9.59 Å². The molecule has 1 fully saturated rings. The van der Waals surface area contributed by atoms with Crippen LogP contribution in [0.4, 0.5) is 5.69 Å². The molecule has 2 rings (SSSR count). The zero-order chi connectivity index (χ0) is 16.2. The molecule has 1 saturated carbocycles. The summed E-state index contributed by atoms with van der Waals surface area (Å²) in [7, 11) is 0. The van der Waals surface area contributed by atoms with E-state index in [0.717, 1.165) is 32.1 Å². The molecule has 0 heterocycles. The first-order valence-electron chi connectivity index (χ1n) is 7.71. The van der Waals surface area contributed by atoms with Gasteiger partial charge < -0.3 is 10.4 Å². The highest BCUT2D eigenvalue weighted by Gasteiger charge is 2.43. The van der Waals surface area contributed by atoms with Crippen LogP contribution in [0.25, 0.3) is 0 Å². The predicted octanol–water partition coefficient (Wildman–Crippen LogP) is 4.34. The van der Waals surface area contributed by atoms with Crippen LogP contribution in [0, 0.1) is 11.3 Å². The molecule has 2 N–H and O–H groups in total. The van der Waals surface area contributed by atoms with Gasteiger partial charge in [0.1, 0.15) is 0 Å². The third kappa shape index (κ3) is 3.80. The number of carboxylic acid groups (broad SMARTS) is 1. The van der Waals surface area contributed by atoms with Gasteiger partial charge in [-0.15, -0.1) is 0 Å². The number of carboxylic acids is 1. The number of para-hydroxylation sites is 1. The standard InChI is InChI=1S/C17H22ClNO3/c1-17(11-15(20)21,12-7-3-2-4-8-12)16(22)19-14-10-6-5-9-13(14)18/h5-6,9-10,12H,2-4,7-8,11H2,1H3,(H,19,22)(H,20,21). The smallest absolute Gasteiger partial charge is 0.304 e. The second kappa shape index (κ2) is 7.14.